The Morgan fingerprint density at radius 1 is 1.35 bits per heavy atom. The maximum atomic E-state index is 12.4. The third-order valence-corrected chi connectivity index (χ3v) is 3.92. The van der Waals surface area contributed by atoms with Crippen LogP contribution in [0, 0.1) is 5.92 Å². The third kappa shape index (κ3) is 5.72. The van der Waals surface area contributed by atoms with E-state index in [1.54, 1.807) is 20.8 Å². The number of rotatable bonds is 4. The van der Waals surface area contributed by atoms with Crippen LogP contribution in [0.1, 0.15) is 27.2 Å². The SMILES string of the molecule is CC(C)(C)OC(=O)N1CCC(C(=O)Nc2ccc(OC(F)F)c(Cl)c2)C1. The molecule has 1 aromatic rings. The molecule has 2 amide bonds. The van der Waals surface area contributed by atoms with E-state index < -0.39 is 24.2 Å². The van der Waals surface area contributed by atoms with Gasteiger partial charge in [-0.3, -0.25) is 4.79 Å². The molecule has 144 valence electrons. The number of likely N-dealkylation sites (tertiary alicyclic amines) is 1. The number of amides is 2. The number of ether oxygens (including phenoxy) is 2. The second kappa shape index (κ2) is 8.07. The zero-order valence-electron chi connectivity index (χ0n) is 14.7. The molecule has 1 N–H and O–H groups in total. The number of anilines is 1. The molecule has 0 radical (unpaired) electrons. The van der Waals surface area contributed by atoms with E-state index in [0.29, 0.717) is 18.7 Å². The topological polar surface area (TPSA) is 67.9 Å². The van der Waals surface area contributed by atoms with Crippen molar-refractivity contribution in [1.82, 2.24) is 4.90 Å². The molecule has 0 spiro atoms. The fourth-order valence-electron chi connectivity index (χ4n) is 2.48. The highest BCUT2D eigenvalue weighted by atomic mass is 35.5. The minimum Gasteiger partial charge on any atom is -0.444 e. The van der Waals surface area contributed by atoms with Crippen molar-refractivity contribution < 1.29 is 27.8 Å². The standard InChI is InChI=1S/C17H21ClF2N2O4/c1-17(2,3)26-16(24)22-7-6-10(9-22)14(23)21-11-4-5-13(12(18)8-11)25-15(19)20/h4-5,8,10,15H,6-7,9H2,1-3H3,(H,21,23). The molecule has 1 unspecified atom stereocenters. The van der Waals surface area contributed by atoms with Crippen LogP contribution in [0.25, 0.3) is 0 Å². The lowest BCUT2D eigenvalue weighted by Crippen LogP contribution is -2.36. The van der Waals surface area contributed by atoms with Gasteiger partial charge in [0, 0.05) is 18.8 Å². The van der Waals surface area contributed by atoms with Crippen molar-refractivity contribution in [3.63, 3.8) is 0 Å². The second-order valence-corrected chi connectivity index (χ2v) is 7.33. The van der Waals surface area contributed by atoms with Crippen LogP contribution in [-0.2, 0) is 9.53 Å². The van der Waals surface area contributed by atoms with Crippen molar-refractivity contribution in [1.29, 1.82) is 0 Å². The lowest BCUT2D eigenvalue weighted by Gasteiger charge is -2.24. The summed E-state index contributed by atoms with van der Waals surface area (Å²) < 4.78 is 34.0. The normalized spacial score (nSPS) is 17.3. The van der Waals surface area contributed by atoms with Crippen molar-refractivity contribution in [2.45, 2.75) is 39.4 Å². The molecular weight excluding hydrogens is 370 g/mol. The molecule has 1 aromatic carbocycles. The van der Waals surface area contributed by atoms with Gasteiger partial charge in [0.1, 0.15) is 11.4 Å². The Bertz CT molecular complexity index is 679. The average Bonchev–Trinajstić information content (AvgIpc) is 2.98. The van der Waals surface area contributed by atoms with Crippen molar-refractivity contribution in [2.24, 2.45) is 5.92 Å². The van der Waals surface area contributed by atoms with Gasteiger partial charge in [-0.15, -0.1) is 0 Å². The van der Waals surface area contributed by atoms with E-state index in [1.807, 2.05) is 0 Å². The van der Waals surface area contributed by atoms with Gasteiger partial charge in [-0.25, -0.2) is 4.79 Å². The second-order valence-electron chi connectivity index (χ2n) is 6.92. The summed E-state index contributed by atoms with van der Waals surface area (Å²) >= 11 is 5.86. The smallest absolute Gasteiger partial charge is 0.410 e. The largest absolute Gasteiger partial charge is 0.444 e. The molecule has 2 rings (SSSR count). The Morgan fingerprint density at radius 3 is 2.62 bits per heavy atom. The van der Waals surface area contributed by atoms with Crippen LogP contribution in [0.4, 0.5) is 19.3 Å². The molecule has 1 saturated heterocycles. The summed E-state index contributed by atoms with van der Waals surface area (Å²) in [5.74, 6) is -0.843. The van der Waals surface area contributed by atoms with Gasteiger partial charge in [-0.1, -0.05) is 11.6 Å². The van der Waals surface area contributed by atoms with Gasteiger partial charge in [0.15, 0.2) is 0 Å². The summed E-state index contributed by atoms with van der Waals surface area (Å²) in [5.41, 5.74) is -0.242. The van der Waals surface area contributed by atoms with Crippen LogP contribution in [0.2, 0.25) is 5.02 Å². The van der Waals surface area contributed by atoms with E-state index in [-0.39, 0.29) is 23.2 Å². The molecule has 0 saturated carbocycles. The third-order valence-electron chi connectivity index (χ3n) is 3.63. The van der Waals surface area contributed by atoms with Gasteiger partial charge in [-0.2, -0.15) is 8.78 Å². The van der Waals surface area contributed by atoms with E-state index in [0.717, 1.165) is 0 Å². The molecular formula is C17H21ClF2N2O4. The maximum absolute atomic E-state index is 12.4. The molecule has 1 atom stereocenters. The quantitative estimate of drug-likeness (QED) is 0.839. The molecule has 0 aliphatic carbocycles. The number of benzene rings is 1. The lowest BCUT2D eigenvalue weighted by atomic mass is 10.1. The van der Waals surface area contributed by atoms with Crippen LogP contribution < -0.4 is 10.1 Å². The van der Waals surface area contributed by atoms with E-state index in [4.69, 9.17) is 16.3 Å². The molecule has 1 aliphatic rings. The fourth-order valence-corrected chi connectivity index (χ4v) is 2.71. The minimum atomic E-state index is -2.98. The first-order valence-corrected chi connectivity index (χ1v) is 8.46. The average molecular weight is 391 g/mol. The lowest BCUT2D eigenvalue weighted by molar-refractivity contribution is -0.119. The Labute approximate surface area is 155 Å². The van der Waals surface area contributed by atoms with E-state index in [2.05, 4.69) is 10.1 Å². The molecule has 6 nitrogen and oxygen atoms in total. The summed E-state index contributed by atoms with van der Waals surface area (Å²) in [5, 5.41) is 2.63. The predicted octanol–water partition coefficient (Wildman–Crippen LogP) is 4.14. The predicted molar refractivity (Wildman–Crippen MR) is 92.6 cm³/mol. The highest BCUT2D eigenvalue weighted by molar-refractivity contribution is 6.32. The number of nitrogens with zero attached hydrogens (tertiary/aromatic N) is 1. The maximum Gasteiger partial charge on any atom is 0.410 e. The highest BCUT2D eigenvalue weighted by Crippen LogP contribution is 2.29. The number of carbonyl (C=O) groups is 2. The number of halogens is 3. The summed E-state index contributed by atoms with van der Waals surface area (Å²) in [7, 11) is 0. The Morgan fingerprint density at radius 2 is 2.04 bits per heavy atom. The Hall–Kier alpha value is -2.09. The number of hydrogen-bond donors (Lipinski definition) is 1. The summed E-state index contributed by atoms with van der Waals surface area (Å²) in [6.45, 7) is 3.02. The Balaban J connectivity index is 1.92. The first-order chi connectivity index (χ1) is 12.0. The molecule has 1 heterocycles. The van der Waals surface area contributed by atoms with Gasteiger partial charge in [0.05, 0.1) is 10.9 Å². The van der Waals surface area contributed by atoms with E-state index >= 15 is 0 Å². The van der Waals surface area contributed by atoms with Crippen LogP contribution in [0.15, 0.2) is 18.2 Å². The zero-order valence-corrected chi connectivity index (χ0v) is 15.5. The highest BCUT2D eigenvalue weighted by Gasteiger charge is 2.33. The number of hydrogen-bond acceptors (Lipinski definition) is 4. The van der Waals surface area contributed by atoms with E-state index in [1.165, 1.54) is 23.1 Å². The number of carbonyl (C=O) groups excluding carboxylic acids is 2. The van der Waals surface area contributed by atoms with E-state index in [9.17, 15) is 18.4 Å². The van der Waals surface area contributed by atoms with Crippen LogP contribution >= 0.6 is 11.6 Å². The summed E-state index contributed by atoms with van der Waals surface area (Å²) in [4.78, 5) is 25.9. The molecule has 0 bridgehead atoms. The van der Waals surface area contributed by atoms with Gasteiger partial charge in [-0.05, 0) is 45.4 Å². The molecule has 0 aromatic heterocycles. The molecule has 1 aliphatic heterocycles. The van der Waals surface area contributed by atoms with Crippen molar-refractivity contribution in [2.75, 3.05) is 18.4 Å². The van der Waals surface area contributed by atoms with Gasteiger partial charge < -0.3 is 19.7 Å². The van der Waals surface area contributed by atoms with Crippen molar-refractivity contribution >= 4 is 29.3 Å². The summed E-state index contributed by atoms with van der Waals surface area (Å²) in [6.07, 6.45) is 0.0510. The first kappa shape index (κ1) is 20.2. The van der Waals surface area contributed by atoms with Crippen LogP contribution in [0.5, 0.6) is 5.75 Å². The first-order valence-electron chi connectivity index (χ1n) is 8.08. The minimum absolute atomic E-state index is 0.0371. The zero-order chi connectivity index (χ0) is 19.5. The van der Waals surface area contributed by atoms with Crippen molar-refractivity contribution in [3.05, 3.63) is 23.2 Å². The van der Waals surface area contributed by atoms with Crippen molar-refractivity contribution in [3.8, 4) is 5.75 Å². The van der Waals surface area contributed by atoms with Crippen LogP contribution in [-0.4, -0.2) is 42.2 Å². The molecule has 9 heteroatoms. The van der Waals surface area contributed by atoms with Crippen LogP contribution in [0.3, 0.4) is 0 Å². The van der Waals surface area contributed by atoms with Gasteiger partial charge in [0.25, 0.3) is 0 Å². The monoisotopic (exact) mass is 390 g/mol. The Kier molecular flexibility index (Phi) is 6.28. The summed E-state index contributed by atoms with van der Waals surface area (Å²) in [6, 6.07) is 4.01. The van der Waals surface area contributed by atoms with Gasteiger partial charge in [0.2, 0.25) is 5.91 Å². The van der Waals surface area contributed by atoms with Gasteiger partial charge >= 0.3 is 12.7 Å². The number of alkyl halides is 2. The fraction of sp³-hybridized carbons (Fsp3) is 0.529. The number of nitrogens with one attached hydrogen (secondary N) is 1. The molecule has 1 fully saturated rings. The molecule has 26 heavy (non-hydrogen) atoms.